The van der Waals surface area contributed by atoms with E-state index < -0.39 is 10.8 Å². The zero-order valence-electron chi connectivity index (χ0n) is 16.3. The van der Waals surface area contributed by atoms with E-state index in [9.17, 15) is 14.9 Å². The van der Waals surface area contributed by atoms with Gasteiger partial charge in [0.2, 0.25) is 0 Å². The third-order valence-electron chi connectivity index (χ3n) is 4.63. The molecule has 0 spiro atoms. The fourth-order valence-corrected chi connectivity index (χ4v) is 3.75. The van der Waals surface area contributed by atoms with Crippen LogP contribution in [0.15, 0.2) is 66.2 Å². The Morgan fingerprint density at radius 3 is 2.84 bits per heavy atom. The predicted octanol–water partition coefficient (Wildman–Crippen LogP) is 3.99. The molecule has 9 nitrogen and oxygen atoms in total. The van der Waals surface area contributed by atoms with Gasteiger partial charge in [0.25, 0.3) is 11.6 Å². The number of hydrogen-bond donors (Lipinski definition) is 2. The summed E-state index contributed by atoms with van der Waals surface area (Å²) in [4.78, 5) is 24.2. The third-order valence-corrected chi connectivity index (χ3v) is 5.55. The monoisotopic (exact) mass is 434 g/mol. The first-order valence-corrected chi connectivity index (χ1v) is 10.3. The van der Waals surface area contributed by atoms with Crippen molar-refractivity contribution in [1.29, 1.82) is 0 Å². The molecule has 31 heavy (non-hydrogen) atoms. The van der Waals surface area contributed by atoms with E-state index >= 15 is 0 Å². The van der Waals surface area contributed by atoms with Crippen LogP contribution in [0.1, 0.15) is 16.1 Å². The van der Waals surface area contributed by atoms with Crippen molar-refractivity contribution >= 4 is 34.3 Å². The summed E-state index contributed by atoms with van der Waals surface area (Å²) in [6, 6.07) is 15.8. The summed E-state index contributed by atoms with van der Waals surface area (Å²) in [7, 11) is 0. The number of carbonyl (C=O) groups excluding carboxylic acids is 1. The van der Waals surface area contributed by atoms with Gasteiger partial charge in [0.15, 0.2) is 5.69 Å². The molecule has 4 aromatic rings. The fourth-order valence-electron chi connectivity index (χ4n) is 3.03. The lowest BCUT2D eigenvalue weighted by Crippen LogP contribution is -2.13. The number of nitrogen functional groups attached to an aromatic ring is 1. The van der Waals surface area contributed by atoms with Gasteiger partial charge >= 0.3 is 0 Å². The molecule has 0 aliphatic rings. The standard InChI is InChI=1S/C21H18N6O3S/c22-17-7-6-15(20-5-2-10-31-20)12-18(17)23-21(28)19-13-26(25-24-19)9-8-14-3-1-4-16(11-14)27(29)30/h1-7,10-13H,8-9,22H2,(H,23,28). The summed E-state index contributed by atoms with van der Waals surface area (Å²) in [6.45, 7) is 0.428. The number of aromatic nitrogens is 3. The van der Waals surface area contributed by atoms with Crippen LogP contribution in [0.25, 0.3) is 10.4 Å². The first-order valence-electron chi connectivity index (χ1n) is 9.38. The van der Waals surface area contributed by atoms with E-state index in [4.69, 9.17) is 5.73 Å². The molecule has 2 aromatic carbocycles. The Morgan fingerprint density at radius 1 is 1.19 bits per heavy atom. The molecule has 0 saturated carbocycles. The number of non-ortho nitro benzene ring substituents is 1. The second-order valence-electron chi connectivity index (χ2n) is 6.78. The van der Waals surface area contributed by atoms with Crippen LogP contribution < -0.4 is 11.1 Å². The van der Waals surface area contributed by atoms with Crippen LogP contribution in [0.2, 0.25) is 0 Å². The van der Waals surface area contributed by atoms with E-state index in [0.29, 0.717) is 24.3 Å². The maximum absolute atomic E-state index is 12.6. The number of carbonyl (C=O) groups is 1. The van der Waals surface area contributed by atoms with E-state index in [1.807, 2.05) is 29.6 Å². The van der Waals surface area contributed by atoms with E-state index in [-0.39, 0.29) is 11.4 Å². The summed E-state index contributed by atoms with van der Waals surface area (Å²) in [5.74, 6) is -0.420. The number of amides is 1. The van der Waals surface area contributed by atoms with Crippen LogP contribution in [0.4, 0.5) is 17.1 Å². The van der Waals surface area contributed by atoms with E-state index in [1.54, 1.807) is 29.5 Å². The minimum Gasteiger partial charge on any atom is -0.397 e. The summed E-state index contributed by atoms with van der Waals surface area (Å²) < 4.78 is 1.53. The number of rotatable bonds is 7. The van der Waals surface area contributed by atoms with Crippen molar-refractivity contribution in [3.8, 4) is 10.4 Å². The number of benzene rings is 2. The number of nitro groups is 1. The molecule has 156 valence electrons. The number of hydrogen-bond acceptors (Lipinski definition) is 7. The molecule has 0 fully saturated rings. The number of nitrogens with one attached hydrogen (secondary N) is 1. The fraction of sp³-hybridized carbons (Fsp3) is 0.0952. The number of nitrogens with two attached hydrogens (primary N) is 1. The van der Waals surface area contributed by atoms with Crippen LogP contribution in [0.5, 0.6) is 0 Å². The van der Waals surface area contributed by atoms with Gasteiger partial charge in [0.1, 0.15) is 0 Å². The van der Waals surface area contributed by atoms with Crippen LogP contribution in [-0.4, -0.2) is 25.8 Å². The van der Waals surface area contributed by atoms with Crippen LogP contribution in [0, 0.1) is 10.1 Å². The average Bonchev–Trinajstić information content (AvgIpc) is 3.46. The van der Waals surface area contributed by atoms with Crippen molar-refractivity contribution < 1.29 is 9.72 Å². The normalized spacial score (nSPS) is 10.7. The molecule has 0 aliphatic carbocycles. The molecule has 0 aliphatic heterocycles. The van der Waals surface area contributed by atoms with Crippen LogP contribution in [0.3, 0.4) is 0 Å². The molecule has 3 N–H and O–H groups in total. The first-order chi connectivity index (χ1) is 15.0. The van der Waals surface area contributed by atoms with Gasteiger partial charge in [-0.2, -0.15) is 0 Å². The minimum absolute atomic E-state index is 0.0403. The number of thiophene rings is 1. The number of nitro benzene ring substituents is 1. The number of aryl methyl sites for hydroxylation is 2. The van der Waals surface area contributed by atoms with Gasteiger partial charge in [-0.05, 0) is 41.1 Å². The molecule has 0 radical (unpaired) electrons. The molecule has 2 heterocycles. The molecule has 0 saturated heterocycles. The SMILES string of the molecule is Nc1ccc(-c2cccs2)cc1NC(=O)c1cn(CCc2cccc([N+](=O)[O-])c2)nn1. The second-order valence-corrected chi connectivity index (χ2v) is 7.73. The Kier molecular flexibility index (Phi) is 5.72. The largest absolute Gasteiger partial charge is 0.397 e. The van der Waals surface area contributed by atoms with Crippen molar-refractivity contribution in [2.45, 2.75) is 13.0 Å². The first kappa shape index (κ1) is 20.2. The van der Waals surface area contributed by atoms with E-state index in [0.717, 1.165) is 16.0 Å². The number of nitrogens with zero attached hydrogens (tertiary/aromatic N) is 4. The second kappa shape index (κ2) is 8.76. The van der Waals surface area contributed by atoms with Crippen LogP contribution >= 0.6 is 11.3 Å². The van der Waals surface area contributed by atoms with Gasteiger partial charge in [-0.1, -0.05) is 29.5 Å². The molecule has 0 atom stereocenters. The Bertz CT molecular complexity index is 1240. The molecule has 0 unspecified atom stereocenters. The highest BCUT2D eigenvalue weighted by atomic mass is 32.1. The molecular formula is C21H18N6O3S. The van der Waals surface area contributed by atoms with Crippen molar-refractivity contribution in [2.24, 2.45) is 0 Å². The summed E-state index contributed by atoms with van der Waals surface area (Å²) in [5, 5.41) is 23.6. The Balaban J connectivity index is 1.42. The summed E-state index contributed by atoms with van der Waals surface area (Å²) in [6.07, 6.45) is 2.05. The van der Waals surface area contributed by atoms with Crippen molar-refractivity contribution in [1.82, 2.24) is 15.0 Å². The lowest BCUT2D eigenvalue weighted by molar-refractivity contribution is -0.384. The van der Waals surface area contributed by atoms with Gasteiger partial charge in [-0.15, -0.1) is 16.4 Å². The Labute approximate surface area is 181 Å². The average molecular weight is 434 g/mol. The molecular weight excluding hydrogens is 416 g/mol. The maximum atomic E-state index is 12.6. The van der Waals surface area contributed by atoms with Gasteiger partial charge in [-0.25, -0.2) is 0 Å². The lowest BCUT2D eigenvalue weighted by Gasteiger charge is -2.08. The smallest absolute Gasteiger partial charge is 0.277 e. The van der Waals surface area contributed by atoms with Crippen molar-refractivity contribution in [3.05, 3.63) is 87.5 Å². The van der Waals surface area contributed by atoms with Gasteiger partial charge in [0, 0.05) is 23.6 Å². The Hall–Kier alpha value is -4.05. The molecule has 2 aromatic heterocycles. The highest BCUT2D eigenvalue weighted by molar-refractivity contribution is 7.13. The topological polar surface area (TPSA) is 129 Å². The summed E-state index contributed by atoms with van der Waals surface area (Å²) in [5.41, 5.74) is 8.92. The molecule has 4 rings (SSSR count). The maximum Gasteiger partial charge on any atom is 0.277 e. The van der Waals surface area contributed by atoms with Crippen LogP contribution in [-0.2, 0) is 13.0 Å². The molecule has 1 amide bonds. The van der Waals surface area contributed by atoms with Gasteiger partial charge in [-0.3, -0.25) is 19.6 Å². The zero-order valence-corrected chi connectivity index (χ0v) is 17.1. The van der Waals surface area contributed by atoms with Crippen molar-refractivity contribution in [3.63, 3.8) is 0 Å². The number of anilines is 2. The highest BCUT2D eigenvalue weighted by Crippen LogP contribution is 2.30. The molecule has 10 heteroatoms. The van der Waals surface area contributed by atoms with E-state index in [1.165, 1.54) is 23.0 Å². The Morgan fingerprint density at radius 2 is 2.06 bits per heavy atom. The minimum atomic E-state index is -0.430. The third kappa shape index (κ3) is 4.75. The van der Waals surface area contributed by atoms with Gasteiger partial charge < -0.3 is 11.1 Å². The van der Waals surface area contributed by atoms with Gasteiger partial charge in [0.05, 0.1) is 22.5 Å². The predicted molar refractivity (Wildman–Crippen MR) is 119 cm³/mol. The van der Waals surface area contributed by atoms with E-state index in [2.05, 4.69) is 15.6 Å². The zero-order chi connectivity index (χ0) is 21.8. The molecule has 0 bridgehead atoms. The highest BCUT2D eigenvalue weighted by Gasteiger charge is 2.14. The quantitative estimate of drug-likeness (QED) is 0.257. The lowest BCUT2D eigenvalue weighted by atomic mass is 10.1. The summed E-state index contributed by atoms with van der Waals surface area (Å²) >= 11 is 1.60. The van der Waals surface area contributed by atoms with Crippen molar-refractivity contribution in [2.75, 3.05) is 11.1 Å².